The molecule has 0 atom stereocenters. The molecule has 0 unspecified atom stereocenters. The Labute approximate surface area is 140 Å². The van der Waals surface area contributed by atoms with E-state index in [9.17, 15) is 9.59 Å². The highest BCUT2D eigenvalue weighted by atomic mass is 16.5. The largest absolute Gasteiger partial charge is 0.494 e. The second kappa shape index (κ2) is 8.57. The molecular formula is C18H20N2O4. The smallest absolute Gasteiger partial charge is 0.314 e. The van der Waals surface area contributed by atoms with E-state index in [0.717, 1.165) is 0 Å². The summed E-state index contributed by atoms with van der Waals surface area (Å²) >= 11 is 0. The van der Waals surface area contributed by atoms with Crippen molar-refractivity contribution < 1.29 is 19.1 Å². The van der Waals surface area contributed by atoms with E-state index in [4.69, 9.17) is 9.47 Å². The highest BCUT2D eigenvalue weighted by Crippen LogP contribution is 2.23. The third kappa shape index (κ3) is 4.74. The van der Waals surface area contributed by atoms with Crippen molar-refractivity contribution in [1.29, 1.82) is 0 Å². The molecule has 2 rings (SSSR count). The molecule has 0 aromatic heterocycles. The summed E-state index contributed by atoms with van der Waals surface area (Å²) in [6, 6.07) is 13.7. The molecule has 2 amide bonds. The SMILES string of the molecule is CCOc1ccc(NC(=O)C(=O)Nc2ccccc2OCC)cc1. The number of anilines is 2. The lowest BCUT2D eigenvalue weighted by atomic mass is 10.2. The third-order valence-corrected chi connectivity index (χ3v) is 3.06. The Morgan fingerprint density at radius 1 is 0.833 bits per heavy atom. The number of amides is 2. The minimum atomic E-state index is -0.768. The number of carbonyl (C=O) groups is 2. The van der Waals surface area contributed by atoms with Gasteiger partial charge in [-0.2, -0.15) is 0 Å². The maximum atomic E-state index is 12.0. The molecule has 0 radical (unpaired) electrons. The van der Waals surface area contributed by atoms with E-state index >= 15 is 0 Å². The van der Waals surface area contributed by atoms with Crippen molar-refractivity contribution in [2.75, 3.05) is 23.8 Å². The molecule has 2 N–H and O–H groups in total. The highest BCUT2D eigenvalue weighted by molar-refractivity contribution is 6.43. The van der Waals surface area contributed by atoms with Crippen LogP contribution in [0.5, 0.6) is 11.5 Å². The molecule has 2 aromatic carbocycles. The Hall–Kier alpha value is -3.02. The van der Waals surface area contributed by atoms with Gasteiger partial charge in [0.1, 0.15) is 11.5 Å². The topological polar surface area (TPSA) is 76.7 Å². The predicted octanol–water partition coefficient (Wildman–Crippen LogP) is 3.06. The highest BCUT2D eigenvalue weighted by Gasteiger charge is 2.16. The van der Waals surface area contributed by atoms with Gasteiger partial charge < -0.3 is 20.1 Å². The van der Waals surface area contributed by atoms with E-state index in [1.165, 1.54) is 0 Å². The molecule has 24 heavy (non-hydrogen) atoms. The van der Waals surface area contributed by atoms with Gasteiger partial charge in [-0.25, -0.2) is 0 Å². The molecule has 0 aliphatic rings. The van der Waals surface area contributed by atoms with Crippen LogP contribution in [0.3, 0.4) is 0 Å². The van der Waals surface area contributed by atoms with Gasteiger partial charge in [-0.3, -0.25) is 9.59 Å². The third-order valence-electron chi connectivity index (χ3n) is 3.06. The molecule has 0 aliphatic heterocycles. The van der Waals surface area contributed by atoms with Gasteiger partial charge in [0.05, 0.1) is 18.9 Å². The quantitative estimate of drug-likeness (QED) is 0.799. The summed E-state index contributed by atoms with van der Waals surface area (Å²) in [6.07, 6.45) is 0. The maximum absolute atomic E-state index is 12.0. The zero-order chi connectivity index (χ0) is 17.4. The molecule has 0 spiro atoms. The Morgan fingerprint density at radius 3 is 2.12 bits per heavy atom. The first-order valence-electron chi connectivity index (χ1n) is 7.71. The number of benzene rings is 2. The van der Waals surface area contributed by atoms with Gasteiger partial charge in [-0.15, -0.1) is 0 Å². The van der Waals surface area contributed by atoms with Crippen LogP contribution in [0.1, 0.15) is 13.8 Å². The fourth-order valence-corrected chi connectivity index (χ4v) is 2.02. The van der Waals surface area contributed by atoms with Gasteiger partial charge in [0.15, 0.2) is 0 Å². The van der Waals surface area contributed by atoms with E-state index in [1.54, 1.807) is 48.5 Å². The number of hydrogen-bond acceptors (Lipinski definition) is 4. The molecule has 126 valence electrons. The standard InChI is InChI=1S/C18H20N2O4/c1-3-23-14-11-9-13(10-12-14)19-17(21)18(22)20-15-7-5-6-8-16(15)24-4-2/h5-12H,3-4H2,1-2H3,(H,19,21)(H,20,22). The van der Waals surface area contributed by atoms with Crippen molar-refractivity contribution >= 4 is 23.2 Å². The van der Waals surface area contributed by atoms with Crippen LogP contribution in [0.4, 0.5) is 11.4 Å². The lowest BCUT2D eigenvalue weighted by Crippen LogP contribution is -2.29. The number of carbonyl (C=O) groups excluding carboxylic acids is 2. The first kappa shape index (κ1) is 17.3. The second-order valence-electron chi connectivity index (χ2n) is 4.79. The first-order valence-corrected chi connectivity index (χ1v) is 7.71. The maximum Gasteiger partial charge on any atom is 0.314 e. The monoisotopic (exact) mass is 328 g/mol. The van der Waals surface area contributed by atoms with Crippen molar-refractivity contribution in [3.63, 3.8) is 0 Å². The Morgan fingerprint density at radius 2 is 1.46 bits per heavy atom. The van der Waals surface area contributed by atoms with Gasteiger partial charge in [-0.1, -0.05) is 12.1 Å². The zero-order valence-corrected chi connectivity index (χ0v) is 13.7. The summed E-state index contributed by atoms with van der Waals surface area (Å²) in [6.45, 7) is 4.76. The fraction of sp³-hybridized carbons (Fsp3) is 0.222. The average molecular weight is 328 g/mol. The summed E-state index contributed by atoms with van der Waals surface area (Å²) in [5.74, 6) is -0.311. The van der Waals surface area contributed by atoms with Gasteiger partial charge in [0.2, 0.25) is 0 Å². The number of ether oxygens (including phenoxy) is 2. The Bertz CT molecular complexity index is 698. The predicted molar refractivity (Wildman–Crippen MR) is 92.5 cm³/mol. The minimum Gasteiger partial charge on any atom is -0.494 e. The van der Waals surface area contributed by atoms with Gasteiger partial charge in [0.25, 0.3) is 0 Å². The van der Waals surface area contributed by atoms with Crippen LogP contribution in [-0.2, 0) is 9.59 Å². The van der Waals surface area contributed by atoms with E-state index < -0.39 is 11.8 Å². The lowest BCUT2D eigenvalue weighted by Gasteiger charge is -2.11. The van der Waals surface area contributed by atoms with E-state index in [2.05, 4.69) is 10.6 Å². The summed E-state index contributed by atoms with van der Waals surface area (Å²) < 4.78 is 10.7. The van der Waals surface area contributed by atoms with Gasteiger partial charge in [0, 0.05) is 5.69 Å². The molecule has 0 bridgehead atoms. The van der Waals surface area contributed by atoms with Crippen LogP contribution in [0, 0.1) is 0 Å². The number of para-hydroxylation sites is 2. The van der Waals surface area contributed by atoms with E-state index in [0.29, 0.717) is 36.1 Å². The number of rotatable bonds is 6. The molecular weight excluding hydrogens is 308 g/mol. The number of hydrogen-bond donors (Lipinski definition) is 2. The molecule has 2 aromatic rings. The first-order chi connectivity index (χ1) is 11.6. The number of nitrogens with one attached hydrogen (secondary N) is 2. The molecule has 6 nitrogen and oxygen atoms in total. The molecule has 0 fully saturated rings. The van der Waals surface area contributed by atoms with Crippen molar-refractivity contribution in [1.82, 2.24) is 0 Å². The second-order valence-corrected chi connectivity index (χ2v) is 4.79. The van der Waals surface area contributed by atoms with Crippen molar-refractivity contribution in [2.45, 2.75) is 13.8 Å². The fourth-order valence-electron chi connectivity index (χ4n) is 2.02. The van der Waals surface area contributed by atoms with Crippen LogP contribution in [-0.4, -0.2) is 25.0 Å². The summed E-state index contributed by atoms with van der Waals surface area (Å²) in [4.78, 5) is 24.0. The Kier molecular flexibility index (Phi) is 6.19. The average Bonchev–Trinajstić information content (AvgIpc) is 2.59. The van der Waals surface area contributed by atoms with Crippen LogP contribution in [0.2, 0.25) is 0 Å². The molecule has 0 saturated heterocycles. The van der Waals surface area contributed by atoms with E-state index in [1.807, 2.05) is 13.8 Å². The van der Waals surface area contributed by atoms with Gasteiger partial charge >= 0.3 is 11.8 Å². The van der Waals surface area contributed by atoms with Crippen LogP contribution in [0.15, 0.2) is 48.5 Å². The molecule has 0 aliphatic carbocycles. The summed E-state index contributed by atoms with van der Waals surface area (Å²) in [5, 5.41) is 5.08. The van der Waals surface area contributed by atoms with Crippen LogP contribution in [0.25, 0.3) is 0 Å². The van der Waals surface area contributed by atoms with Crippen LogP contribution >= 0.6 is 0 Å². The molecule has 0 saturated carbocycles. The van der Waals surface area contributed by atoms with Crippen molar-refractivity contribution in [2.24, 2.45) is 0 Å². The zero-order valence-electron chi connectivity index (χ0n) is 13.7. The normalized spacial score (nSPS) is 9.92. The van der Waals surface area contributed by atoms with Crippen molar-refractivity contribution in [3.05, 3.63) is 48.5 Å². The molecule has 6 heteroatoms. The van der Waals surface area contributed by atoms with E-state index in [-0.39, 0.29) is 0 Å². The Balaban J connectivity index is 1.98. The summed E-state index contributed by atoms with van der Waals surface area (Å²) in [7, 11) is 0. The lowest BCUT2D eigenvalue weighted by molar-refractivity contribution is -0.133. The van der Waals surface area contributed by atoms with Crippen molar-refractivity contribution in [3.8, 4) is 11.5 Å². The van der Waals surface area contributed by atoms with Gasteiger partial charge in [-0.05, 0) is 50.2 Å². The summed E-state index contributed by atoms with van der Waals surface area (Å²) in [5.41, 5.74) is 0.961. The van der Waals surface area contributed by atoms with Crippen LogP contribution < -0.4 is 20.1 Å². The molecule has 0 heterocycles. The minimum absolute atomic E-state index is 0.450.